The summed E-state index contributed by atoms with van der Waals surface area (Å²) in [4.78, 5) is 0. The number of hydrogen-bond acceptors (Lipinski definition) is 3. The van der Waals surface area contributed by atoms with Crippen molar-refractivity contribution in [2.24, 2.45) is 5.92 Å². The molecule has 0 saturated carbocycles. The first kappa shape index (κ1) is 15.1. The molecule has 0 aromatic heterocycles. The van der Waals surface area contributed by atoms with Crippen LogP contribution in [0.2, 0.25) is 0 Å². The summed E-state index contributed by atoms with van der Waals surface area (Å²) < 4.78 is 11.3. The molecule has 2 aromatic carbocycles. The van der Waals surface area contributed by atoms with E-state index in [9.17, 15) is 0 Å². The zero-order valence-corrected chi connectivity index (χ0v) is 14.4. The van der Waals surface area contributed by atoms with Gasteiger partial charge in [-0.25, -0.2) is 0 Å². The fourth-order valence-electron chi connectivity index (χ4n) is 4.10. The van der Waals surface area contributed by atoms with Gasteiger partial charge in [-0.3, -0.25) is 0 Å². The minimum atomic E-state index is 0.277. The first-order valence-corrected chi connectivity index (χ1v) is 8.47. The number of ether oxygens (including phenoxy) is 2. The number of allylic oxidation sites excluding steroid dienone is 2. The molecule has 3 unspecified atom stereocenters. The molecule has 1 heterocycles. The van der Waals surface area contributed by atoms with E-state index >= 15 is 0 Å². The van der Waals surface area contributed by atoms with E-state index in [1.165, 1.54) is 16.7 Å². The molecule has 1 aliphatic carbocycles. The molecule has 2 aliphatic rings. The van der Waals surface area contributed by atoms with Gasteiger partial charge in [0.2, 0.25) is 0 Å². The van der Waals surface area contributed by atoms with Gasteiger partial charge in [0, 0.05) is 11.5 Å². The molecule has 0 saturated heterocycles. The Morgan fingerprint density at radius 3 is 2.38 bits per heavy atom. The predicted octanol–water partition coefficient (Wildman–Crippen LogP) is 4.84. The topological polar surface area (TPSA) is 30.5 Å². The largest absolute Gasteiger partial charge is 0.496 e. The minimum absolute atomic E-state index is 0.277. The van der Waals surface area contributed by atoms with Crippen molar-refractivity contribution in [1.82, 2.24) is 0 Å². The van der Waals surface area contributed by atoms with Crippen LogP contribution in [0.5, 0.6) is 11.5 Å². The molecule has 3 heteroatoms. The molecule has 4 rings (SSSR count). The third-order valence-electron chi connectivity index (χ3n) is 5.32. The fourth-order valence-corrected chi connectivity index (χ4v) is 4.10. The van der Waals surface area contributed by atoms with Crippen molar-refractivity contribution in [3.8, 4) is 11.5 Å². The van der Waals surface area contributed by atoms with E-state index in [-0.39, 0.29) is 6.04 Å². The maximum absolute atomic E-state index is 5.65. The summed E-state index contributed by atoms with van der Waals surface area (Å²) in [5.74, 6) is 2.67. The van der Waals surface area contributed by atoms with Gasteiger partial charge in [0.05, 0.1) is 25.9 Å². The molecule has 124 valence electrons. The van der Waals surface area contributed by atoms with Gasteiger partial charge in [-0.2, -0.15) is 0 Å². The Morgan fingerprint density at radius 2 is 1.67 bits per heavy atom. The van der Waals surface area contributed by atoms with E-state index < -0.39 is 0 Å². The average Bonchev–Trinajstić information content (AvgIpc) is 3.10. The number of benzene rings is 2. The van der Waals surface area contributed by atoms with Crippen molar-refractivity contribution in [2.45, 2.75) is 25.3 Å². The van der Waals surface area contributed by atoms with Crippen LogP contribution in [0.25, 0.3) is 0 Å². The number of fused-ring (bicyclic) bond motifs is 3. The summed E-state index contributed by atoms with van der Waals surface area (Å²) >= 11 is 0. The Hall–Kier alpha value is -2.42. The van der Waals surface area contributed by atoms with Gasteiger partial charge in [0.1, 0.15) is 11.5 Å². The van der Waals surface area contributed by atoms with Gasteiger partial charge in [0.25, 0.3) is 0 Å². The number of rotatable bonds is 3. The summed E-state index contributed by atoms with van der Waals surface area (Å²) in [6, 6.07) is 13.1. The van der Waals surface area contributed by atoms with E-state index in [0.717, 1.165) is 23.6 Å². The second-order valence-electron chi connectivity index (χ2n) is 6.64. The molecule has 1 N–H and O–H groups in total. The molecule has 0 bridgehead atoms. The molecule has 0 spiro atoms. The van der Waals surface area contributed by atoms with Gasteiger partial charge in [0.15, 0.2) is 0 Å². The van der Waals surface area contributed by atoms with Gasteiger partial charge < -0.3 is 14.8 Å². The predicted molar refractivity (Wildman–Crippen MR) is 97.1 cm³/mol. The number of methoxy groups -OCH3 is 2. The summed E-state index contributed by atoms with van der Waals surface area (Å²) in [7, 11) is 3.46. The lowest BCUT2D eigenvalue weighted by Crippen LogP contribution is -2.29. The molecule has 0 radical (unpaired) electrons. The lowest BCUT2D eigenvalue weighted by Gasteiger charge is -2.38. The Balaban J connectivity index is 1.85. The van der Waals surface area contributed by atoms with Crippen LogP contribution in [0.15, 0.2) is 48.6 Å². The second-order valence-corrected chi connectivity index (χ2v) is 6.64. The van der Waals surface area contributed by atoms with Crippen molar-refractivity contribution in [2.75, 3.05) is 19.5 Å². The highest BCUT2D eigenvalue weighted by Gasteiger charge is 2.40. The highest BCUT2D eigenvalue weighted by Crippen LogP contribution is 2.55. The van der Waals surface area contributed by atoms with Crippen molar-refractivity contribution in [1.29, 1.82) is 0 Å². The molecular formula is C21H23NO2. The SMILES string of the molecule is COc1ccc(OC)c2c1NC(c1ccc(C)cc1)C1CC=CC21. The normalized spacial score (nSPS) is 24.0. The lowest BCUT2D eigenvalue weighted by atomic mass is 9.76. The van der Waals surface area contributed by atoms with E-state index in [2.05, 4.69) is 48.7 Å². The zero-order chi connectivity index (χ0) is 16.7. The third-order valence-corrected chi connectivity index (χ3v) is 5.32. The number of anilines is 1. The Morgan fingerprint density at radius 1 is 0.958 bits per heavy atom. The Labute approximate surface area is 143 Å². The minimum Gasteiger partial charge on any atom is -0.496 e. The van der Waals surface area contributed by atoms with Crippen molar-refractivity contribution in [3.63, 3.8) is 0 Å². The zero-order valence-electron chi connectivity index (χ0n) is 14.4. The summed E-state index contributed by atoms with van der Waals surface area (Å²) in [6.07, 6.45) is 5.70. The summed E-state index contributed by atoms with van der Waals surface area (Å²) in [5, 5.41) is 3.75. The van der Waals surface area contributed by atoms with Crippen LogP contribution in [0.4, 0.5) is 5.69 Å². The molecule has 0 fully saturated rings. The van der Waals surface area contributed by atoms with Crippen LogP contribution in [0, 0.1) is 12.8 Å². The first-order valence-electron chi connectivity index (χ1n) is 8.47. The molecule has 24 heavy (non-hydrogen) atoms. The molecule has 0 amide bonds. The van der Waals surface area contributed by atoms with Crippen LogP contribution in [0.3, 0.4) is 0 Å². The number of hydrogen-bond donors (Lipinski definition) is 1. The summed E-state index contributed by atoms with van der Waals surface area (Å²) in [5.41, 5.74) is 4.90. The van der Waals surface area contributed by atoms with Gasteiger partial charge in [-0.05, 0) is 37.0 Å². The number of nitrogens with one attached hydrogen (secondary N) is 1. The highest BCUT2D eigenvalue weighted by molar-refractivity contribution is 5.71. The quantitative estimate of drug-likeness (QED) is 0.821. The molecule has 1 aliphatic heterocycles. The van der Waals surface area contributed by atoms with E-state index in [1.807, 2.05) is 12.1 Å². The molecular weight excluding hydrogens is 298 g/mol. The van der Waals surface area contributed by atoms with E-state index in [4.69, 9.17) is 9.47 Å². The average molecular weight is 321 g/mol. The standard InChI is InChI=1S/C21H23NO2/c1-13-7-9-14(10-8-13)20-16-6-4-5-15(16)19-17(23-2)11-12-18(24-3)21(19)22-20/h4-5,7-12,15-16,20,22H,6H2,1-3H3. The lowest BCUT2D eigenvalue weighted by molar-refractivity contribution is 0.370. The Kier molecular flexibility index (Phi) is 3.72. The van der Waals surface area contributed by atoms with Gasteiger partial charge >= 0.3 is 0 Å². The number of aryl methyl sites for hydroxylation is 1. The van der Waals surface area contributed by atoms with Gasteiger partial charge in [-0.15, -0.1) is 0 Å². The van der Waals surface area contributed by atoms with Crippen LogP contribution in [-0.2, 0) is 0 Å². The maximum atomic E-state index is 5.65. The second kappa shape index (κ2) is 5.90. The van der Waals surface area contributed by atoms with Crippen molar-refractivity contribution < 1.29 is 9.47 Å². The third kappa shape index (κ3) is 2.27. The fraction of sp³-hybridized carbons (Fsp3) is 0.333. The van der Waals surface area contributed by atoms with Crippen LogP contribution >= 0.6 is 0 Å². The van der Waals surface area contributed by atoms with Crippen LogP contribution in [0.1, 0.15) is 35.1 Å². The van der Waals surface area contributed by atoms with Gasteiger partial charge in [-0.1, -0.05) is 42.0 Å². The smallest absolute Gasteiger partial charge is 0.142 e. The molecule has 2 aromatic rings. The van der Waals surface area contributed by atoms with E-state index in [0.29, 0.717) is 11.8 Å². The molecule has 3 atom stereocenters. The van der Waals surface area contributed by atoms with Crippen LogP contribution < -0.4 is 14.8 Å². The Bertz CT molecular complexity index is 779. The van der Waals surface area contributed by atoms with Crippen molar-refractivity contribution in [3.05, 3.63) is 65.2 Å². The molecule has 3 nitrogen and oxygen atoms in total. The summed E-state index contributed by atoms with van der Waals surface area (Å²) in [6.45, 7) is 2.13. The van der Waals surface area contributed by atoms with E-state index in [1.54, 1.807) is 14.2 Å². The highest BCUT2D eigenvalue weighted by atomic mass is 16.5. The maximum Gasteiger partial charge on any atom is 0.142 e. The monoisotopic (exact) mass is 321 g/mol. The van der Waals surface area contributed by atoms with Crippen LogP contribution in [-0.4, -0.2) is 14.2 Å². The first-order chi connectivity index (χ1) is 11.7. The van der Waals surface area contributed by atoms with Crippen molar-refractivity contribution >= 4 is 5.69 Å².